The molecule has 2 aromatic carbocycles. The third-order valence-corrected chi connectivity index (χ3v) is 4.21. The van der Waals surface area contributed by atoms with E-state index in [0.29, 0.717) is 33.7 Å². The molecule has 1 heterocycles. The average Bonchev–Trinajstić information content (AvgIpc) is 2.95. The van der Waals surface area contributed by atoms with Gasteiger partial charge in [0, 0.05) is 0 Å². The van der Waals surface area contributed by atoms with Gasteiger partial charge in [0.1, 0.15) is 11.4 Å². The second-order valence-electron chi connectivity index (χ2n) is 5.44. The Morgan fingerprint density at radius 2 is 1.65 bits per heavy atom. The summed E-state index contributed by atoms with van der Waals surface area (Å²) in [5.41, 5.74) is 1.85. The fourth-order valence-electron chi connectivity index (χ4n) is 2.61. The van der Waals surface area contributed by atoms with Gasteiger partial charge in [-0.05, 0) is 60.3 Å². The lowest BCUT2D eigenvalue weighted by Crippen LogP contribution is -2.30. The molecule has 1 N–H and O–H groups in total. The summed E-state index contributed by atoms with van der Waals surface area (Å²) < 4.78 is 15.7. The first kappa shape index (κ1) is 17.8. The van der Waals surface area contributed by atoms with Gasteiger partial charge in [-0.15, -0.1) is 0 Å². The third kappa shape index (κ3) is 3.34. The molecule has 26 heavy (non-hydrogen) atoms. The summed E-state index contributed by atoms with van der Waals surface area (Å²) in [5, 5.41) is 3.29. The number of rotatable bonds is 5. The minimum absolute atomic E-state index is 0.227. The van der Waals surface area contributed by atoms with Gasteiger partial charge in [-0.1, -0.05) is 6.07 Å². The van der Waals surface area contributed by atoms with Crippen LogP contribution in [0.3, 0.4) is 0 Å². The number of carbonyl (C=O) groups is 1. The number of methoxy groups -OCH3 is 3. The minimum Gasteiger partial charge on any atom is -0.497 e. The van der Waals surface area contributed by atoms with E-state index in [-0.39, 0.29) is 5.91 Å². The van der Waals surface area contributed by atoms with Gasteiger partial charge < -0.3 is 19.5 Å². The van der Waals surface area contributed by atoms with Crippen molar-refractivity contribution in [1.29, 1.82) is 0 Å². The van der Waals surface area contributed by atoms with Crippen LogP contribution in [0.25, 0.3) is 6.08 Å². The van der Waals surface area contributed by atoms with Gasteiger partial charge in [-0.3, -0.25) is 9.69 Å². The number of benzene rings is 2. The molecule has 1 aliphatic rings. The van der Waals surface area contributed by atoms with Crippen molar-refractivity contribution in [1.82, 2.24) is 5.32 Å². The predicted molar refractivity (Wildman–Crippen MR) is 104 cm³/mol. The molecule has 1 fully saturated rings. The van der Waals surface area contributed by atoms with E-state index in [0.717, 1.165) is 5.56 Å². The van der Waals surface area contributed by atoms with Gasteiger partial charge in [0.2, 0.25) is 0 Å². The lowest BCUT2D eigenvalue weighted by molar-refractivity contribution is -0.113. The molecule has 3 rings (SSSR count). The van der Waals surface area contributed by atoms with Gasteiger partial charge in [0.25, 0.3) is 5.91 Å². The molecule has 1 aliphatic heterocycles. The van der Waals surface area contributed by atoms with Crippen molar-refractivity contribution in [2.45, 2.75) is 0 Å². The normalized spacial score (nSPS) is 15.2. The molecule has 7 heteroatoms. The number of hydrogen-bond donors (Lipinski definition) is 1. The molecule has 0 aliphatic carbocycles. The predicted octanol–water partition coefficient (Wildman–Crippen LogP) is 2.97. The maximum atomic E-state index is 12.8. The zero-order valence-corrected chi connectivity index (χ0v) is 15.4. The lowest BCUT2D eigenvalue weighted by Gasteiger charge is -2.14. The van der Waals surface area contributed by atoms with Gasteiger partial charge in [-0.25, -0.2) is 0 Å². The Bertz CT molecular complexity index is 878. The topological polar surface area (TPSA) is 60.0 Å². The molecule has 0 aromatic heterocycles. The number of nitrogens with zero attached hydrogens (tertiary/aromatic N) is 1. The molecule has 0 bridgehead atoms. The summed E-state index contributed by atoms with van der Waals surface area (Å²) in [5.74, 6) is 1.69. The molecule has 6 nitrogen and oxygen atoms in total. The Hall–Kier alpha value is -3.06. The van der Waals surface area contributed by atoms with Gasteiger partial charge in [0.15, 0.2) is 16.6 Å². The van der Waals surface area contributed by atoms with Crippen LogP contribution in [0, 0.1) is 0 Å². The SMILES string of the molecule is COc1ccc(N2C(=O)/C(=C\c3ccc(OC)c(OC)c3)NC2=S)cc1. The van der Waals surface area contributed by atoms with E-state index in [4.69, 9.17) is 26.4 Å². The summed E-state index contributed by atoms with van der Waals surface area (Å²) in [6.07, 6.45) is 1.72. The maximum Gasteiger partial charge on any atom is 0.281 e. The van der Waals surface area contributed by atoms with E-state index in [2.05, 4.69) is 5.32 Å². The highest BCUT2D eigenvalue weighted by molar-refractivity contribution is 7.80. The Labute approximate surface area is 157 Å². The minimum atomic E-state index is -0.227. The van der Waals surface area contributed by atoms with Crippen molar-refractivity contribution >= 4 is 35.0 Å². The van der Waals surface area contributed by atoms with Crippen molar-refractivity contribution < 1.29 is 19.0 Å². The van der Waals surface area contributed by atoms with Gasteiger partial charge >= 0.3 is 0 Å². The first-order valence-corrected chi connectivity index (χ1v) is 8.21. The van der Waals surface area contributed by atoms with Crippen LogP contribution in [0.15, 0.2) is 48.2 Å². The Morgan fingerprint density at radius 3 is 2.27 bits per heavy atom. The van der Waals surface area contributed by atoms with Crippen LogP contribution in [-0.4, -0.2) is 32.3 Å². The van der Waals surface area contributed by atoms with Crippen molar-refractivity contribution in [3.63, 3.8) is 0 Å². The fraction of sp³-hybridized carbons (Fsp3) is 0.158. The quantitative estimate of drug-likeness (QED) is 0.645. The molecule has 1 amide bonds. The second kappa shape index (κ2) is 7.45. The fourth-order valence-corrected chi connectivity index (χ4v) is 2.91. The molecule has 0 spiro atoms. The third-order valence-electron chi connectivity index (χ3n) is 3.93. The van der Waals surface area contributed by atoms with Crippen molar-refractivity contribution in [2.75, 3.05) is 26.2 Å². The zero-order chi connectivity index (χ0) is 18.7. The largest absolute Gasteiger partial charge is 0.497 e. The second-order valence-corrected chi connectivity index (χ2v) is 5.83. The molecule has 0 radical (unpaired) electrons. The van der Waals surface area contributed by atoms with Crippen LogP contribution >= 0.6 is 12.2 Å². The number of carbonyl (C=O) groups excluding carboxylic acids is 1. The first-order valence-electron chi connectivity index (χ1n) is 7.80. The van der Waals surface area contributed by atoms with E-state index < -0.39 is 0 Å². The highest BCUT2D eigenvalue weighted by Crippen LogP contribution is 2.29. The Kier molecular flexibility index (Phi) is 5.09. The monoisotopic (exact) mass is 370 g/mol. The van der Waals surface area contributed by atoms with E-state index in [1.807, 2.05) is 6.07 Å². The van der Waals surface area contributed by atoms with E-state index in [1.165, 1.54) is 4.90 Å². The molecule has 2 aromatic rings. The highest BCUT2D eigenvalue weighted by atomic mass is 32.1. The Morgan fingerprint density at radius 1 is 0.962 bits per heavy atom. The van der Waals surface area contributed by atoms with E-state index in [9.17, 15) is 4.79 Å². The average molecular weight is 370 g/mol. The zero-order valence-electron chi connectivity index (χ0n) is 14.6. The van der Waals surface area contributed by atoms with Crippen molar-refractivity contribution in [2.24, 2.45) is 0 Å². The Balaban J connectivity index is 1.89. The summed E-state index contributed by atoms with van der Waals surface area (Å²) in [7, 11) is 4.73. The number of ether oxygens (including phenoxy) is 3. The van der Waals surface area contributed by atoms with Crippen LogP contribution in [-0.2, 0) is 4.79 Å². The van der Waals surface area contributed by atoms with Crippen LogP contribution in [0.4, 0.5) is 5.69 Å². The van der Waals surface area contributed by atoms with Crippen LogP contribution in [0.2, 0.25) is 0 Å². The number of anilines is 1. The number of thiocarbonyl (C=S) groups is 1. The molecule has 0 saturated carbocycles. The molecular formula is C19H18N2O4S. The van der Waals surface area contributed by atoms with Crippen molar-refractivity contribution in [3.8, 4) is 17.2 Å². The number of hydrogen-bond acceptors (Lipinski definition) is 5. The smallest absolute Gasteiger partial charge is 0.281 e. The van der Waals surface area contributed by atoms with E-state index in [1.54, 1.807) is 63.8 Å². The van der Waals surface area contributed by atoms with Crippen molar-refractivity contribution in [3.05, 3.63) is 53.7 Å². The van der Waals surface area contributed by atoms with Crippen LogP contribution in [0.5, 0.6) is 17.2 Å². The van der Waals surface area contributed by atoms with E-state index >= 15 is 0 Å². The highest BCUT2D eigenvalue weighted by Gasteiger charge is 2.31. The molecular weight excluding hydrogens is 352 g/mol. The summed E-state index contributed by atoms with van der Waals surface area (Å²) in [6, 6.07) is 12.5. The number of nitrogens with one attached hydrogen (secondary N) is 1. The molecule has 134 valence electrons. The summed E-state index contributed by atoms with van der Waals surface area (Å²) in [4.78, 5) is 14.2. The summed E-state index contributed by atoms with van der Waals surface area (Å²) in [6.45, 7) is 0. The molecule has 0 atom stereocenters. The lowest BCUT2D eigenvalue weighted by atomic mass is 10.1. The van der Waals surface area contributed by atoms with Crippen LogP contribution < -0.4 is 24.4 Å². The maximum absolute atomic E-state index is 12.8. The summed E-state index contributed by atoms with van der Waals surface area (Å²) >= 11 is 5.32. The molecule has 1 saturated heterocycles. The first-order chi connectivity index (χ1) is 12.6. The standard InChI is InChI=1S/C19H18N2O4S/c1-23-14-7-5-13(6-8-14)21-18(22)15(20-19(21)26)10-12-4-9-16(24-2)17(11-12)25-3/h4-11H,1-3H3,(H,20,26)/b15-10+. The van der Waals surface area contributed by atoms with Crippen LogP contribution in [0.1, 0.15) is 5.56 Å². The van der Waals surface area contributed by atoms with Gasteiger partial charge in [-0.2, -0.15) is 0 Å². The number of amides is 1. The van der Waals surface area contributed by atoms with Gasteiger partial charge in [0.05, 0.1) is 27.0 Å². The molecule has 0 unspecified atom stereocenters.